The first-order chi connectivity index (χ1) is 9.49. The van der Waals surface area contributed by atoms with Gasteiger partial charge in [0.15, 0.2) is 0 Å². The molecule has 2 N–H and O–H groups in total. The molecule has 0 radical (unpaired) electrons. The summed E-state index contributed by atoms with van der Waals surface area (Å²) in [6.45, 7) is 7.22. The molecule has 1 aromatic carbocycles. The topological polar surface area (TPSA) is 41.1 Å². The van der Waals surface area contributed by atoms with Gasteiger partial charge in [-0.2, -0.15) is 0 Å². The summed E-state index contributed by atoms with van der Waals surface area (Å²) in [5, 5.41) is 6.44. The molecule has 0 saturated heterocycles. The monoisotopic (exact) mass is 274 g/mol. The van der Waals surface area contributed by atoms with Crippen LogP contribution in [-0.4, -0.2) is 11.9 Å². The molecule has 0 unspecified atom stereocenters. The Morgan fingerprint density at radius 1 is 1.20 bits per heavy atom. The van der Waals surface area contributed by atoms with Crippen molar-refractivity contribution in [3.8, 4) is 0 Å². The number of carbonyl (C=O) groups is 1. The number of hydrogen-bond donors (Lipinski definition) is 2. The Bertz CT molecular complexity index is 445. The van der Waals surface area contributed by atoms with Crippen molar-refractivity contribution in [3.05, 3.63) is 29.8 Å². The maximum Gasteiger partial charge on any atom is 0.230 e. The number of benzene rings is 1. The fraction of sp³-hybridized carbons (Fsp3) is 0.588. The molecule has 0 aliphatic heterocycles. The van der Waals surface area contributed by atoms with E-state index in [0.29, 0.717) is 6.04 Å². The molecule has 0 heterocycles. The van der Waals surface area contributed by atoms with E-state index in [-0.39, 0.29) is 11.3 Å². The first-order valence-electron chi connectivity index (χ1n) is 7.63. The highest BCUT2D eigenvalue weighted by atomic mass is 16.2. The van der Waals surface area contributed by atoms with Gasteiger partial charge in [0.05, 0.1) is 0 Å². The first kappa shape index (κ1) is 15.0. The van der Waals surface area contributed by atoms with E-state index < -0.39 is 0 Å². The fourth-order valence-corrected chi connectivity index (χ4v) is 2.69. The Morgan fingerprint density at radius 2 is 1.80 bits per heavy atom. The molecule has 0 bridgehead atoms. The second-order valence-electron chi connectivity index (χ2n) is 6.45. The summed E-state index contributed by atoms with van der Waals surface area (Å²) in [4.78, 5) is 12.3. The minimum absolute atomic E-state index is 0.169. The lowest BCUT2D eigenvalue weighted by Gasteiger charge is -2.22. The molecule has 1 aliphatic rings. The number of amides is 1. The molecule has 0 aromatic heterocycles. The van der Waals surface area contributed by atoms with Crippen LogP contribution in [0, 0.1) is 5.41 Å². The van der Waals surface area contributed by atoms with E-state index >= 15 is 0 Å². The van der Waals surface area contributed by atoms with E-state index in [1.165, 1.54) is 18.4 Å². The predicted octanol–water partition coefficient (Wildman–Crippen LogP) is 3.70. The van der Waals surface area contributed by atoms with Crippen LogP contribution in [0.3, 0.4) is 0 Å². The van der Waals surface area contributed by atoms with Crippen LogP contribution in [0.2, 0.25) is 0 Å². The van der Waals surface area contributed by atoms with Gasteiger partial charge in [0.2, 0.25) is 5.91 Å². The van der Waals surface area contributed by atoms with E-state index in [0.717, 1.165) is 25.1 Å². The normalized spacial score (nSPS) is 17.4. The van der Waals surface area contributed by atoms with Crippen LogP contribution in [0.5, 0.6) is 0 Å². The molecule has 1 aliphatic carbocycles. The maximum atomic E-state index is 12.3. The molecule has 20 heavy (non-hydrogen) atoms. The summed E-state index contributed by atoms with van der Waals surface area (Å²) in [5.74, 6) is 0.169. The molecular weight excluding hydrogens is 248 g/mol. The summed E-state index contributed by atoms with van der Waals surface area (Å²) in [6, 6.07) is 8.61. The molecule has 2 rings (SSSR count). The van der Waals surface area contributed by atoms with Gasteiger partial charge in [0.25, 0.3) is 0 Å². The van der Waals surface area contributed by atoms with Crippen LogP contribution < -0.4 is 10.6 Å². The Hall–Kier alpha value is -1.35. The molecule has 0 atom stereocenters. The van der Waals surface area contributed by atoms with Gasteiger partial charge in [-0.1, -0.05) is 45.7 Å². The summed E-state index contributed by atoms with van der Waals surface area (Å²) in [7, 11) is 0. The van der Waals surface area contributed by atoms with E-state index in [2.05, 4.69) is 43.5 Å². The van der Waals surface area contributed by atoms with E-state index in [9.17, 15) is 4.79 Å². The summed E-state index contributed by atoms with van der Waals surface area (Å²) < 4.78 is 0. The quantitative estimate of drug-likeness (QED) is 0.859. The minimum atomic E-state index is -0.169. The Kier molecular flexibility index (Phi) is 4.81. The van der Waals surface area contributed by atoms with Crippen LogP contribution in [-0.2, 0) is 11.3 Å². The highest BCUT2D eigenvalue weighted by molar-refractivity contribution is 5.95. The fourth-order valence-electron chi connectivity index (χ4n) is 2.69. The molecule has 110 valence electrons. The average Bonchev–Trinajstić information content (AvgIpc) is 2.86. The third kappa shape index (κ3) is 3.83. The number of rotatable bonds is 5. The Labute approximate surface area is 122 Å². The van der Waals surface area contributed by atoms with Crippen molar-refractivity contribution in [1.82, 2.24) is 5.32 Å². The molecule has 1 saturated carbocycles. The van der Waals surface area contributed by atoms with Gasteiger partial charge in [0, 0.05) is 23.7 Å². The molecule has 3 heteroatoms. The van der Waals surface area contributed by atoms with Gasteiger partial charge >= 0.3 is 0 Å². The van der Waals surface area contributed by atoms with Crippen molar-refractivity contribution < 1.29 is 4.79 Å². The van der Waals surface area contributed by atoms with Crippen LogP contribution in [0.25, 0.3) is 0 Å². The predicted molar refractivity (Wildman–Crippen MR) is 83.6 cm³/mol. The van der Waals surface area contributed by atoms with Crippen molar-refractivity contribution >= 4 is 11.6 Å². The number of hydrogen-bond acceptors (Lipinski definition) is 2. The molecule has 1 fully saturated rings. The average molecular weight is 274 g/mol. The largest absolute Gasteiger partial charge is 0.326 e. The van der Waals surface area contributed by atoms with Gasteiger partial charge < -0.3 is 10.6 Å². The SMILES string of the molecule is CC(C)NCc1ccc(NC(=O)C2(C)CCCC2)cc1. The molecule has 1 aromatic rings. The van der Waals surface area contributed by atoms with Crippen LogP contribution in [0.4, 0.5) is 5.69 Å². The first-order valence-corrected chi connectivity index (χ1v) is 7.63. The number of nitrogens with one attached hydrogen (secondary N) is 2. The van der Waals surface area contributed by atoms with Gasteiger partial charge in [0.1, 0.15) is 0 Å². The third-order valence-corrected chi connectivity index (χ3v) is 4.18. The van der Waals surface area contributed by atoms with Crippen molar-refractivity contribution in [3.63, 3.8) is 0 Å². The third-order valence-electron chi connectivity index (χ3n) is 4.18. The summed E-state index contributed by atoms with van der Waals surface area (Å²) in [6.07, 6.45) is 4.36. The highest BCUT2D eigenvalue weighted by Gasteiger charge is 2.36. The van der Waals surface area contributed by atoms with Crippen molar-refractivity contribution in [2.45, 2.75) is 59.0 Å². The number of carbonyl (C=O) groups excluding carboxylic acids is 1. The lowest BCUT2D eigenvalue weighted by Crippen LogP contribution is -2.30. The van der Waals surface area contributed by atoms with E-state index in [4.69, 9.17) is 0 Å². The van der Waals surface area contributed by atoms with Gasteiger partial charge in [-0.25, -0.2) is 0 Å². The second kappa shape index (κ2) is 6.40. The standard InChI is InChI=1S/C17H26N2O/c1-13(2)18-12-14-6-8-15(9-7-14)19-16(20)17(3)10-4-5-11-17/h6-9,13,18H,4-5,10-12H2,1-3H3,(H,19,20). The zero-order valence-corrected chi connectivity index (χ0v) is 12.8. The molecule has 3 nitrogen and oxygen atoms in total. The van der Waals surface area contributed by atoms with Gasteiger partial charge in [-0.05, 0) is 30.5 Å². The smallest absolute Gasteiger partial charge is 0.230 e. The zero-order valence-electron chi connectivity index (χ0n) is 12.8. The highest BCUT2D eigenvalue weighted by Crippen LogP contribution is 2.38. The van der Waals surface area contributed by atoms with Crippen LogP contribution in [0.1, 0.15) is 52.0 Å². The summed E-state index contributed by atoms with van der Waals surface area (Å²) >= 11 is 0. The number of anilines is 1. The second-order valence-corrected chi connectivity index (χ2v) is 6.45. The molecular formula is C17H26N2O. The van der Waals surface area contributed by atoms with Gasteiger partial charge in [-0.15, -0.1) is 0 Å². The lowest BCUT2D eigenvalue weighted by atomic mass is 9.88. The Morgan fingerprint density at radius 3 is 2.35 bits per heavy atom. The van der Waals surface area contributed by atoms with Crippen molar-refractivity contribution in [2.75, 3.05) is 5.32 Å². The Balaban J connectivity index is 1.91. The zero-order chi connectivity index (χ0) is 14.6. The molecule has 0 spiro atoms. The van der Waals surface area contributed by atoms with Gasteiger partial charge in [-0.3, -0.25) is 4.79 Å². The minimum Gasteiger partial charge on any atom is -0.326 e. The summed E-state index contributed by atoms with van der Waals surface area (Å²) in [5.41, 5.74) is 1.97. The van der Waals surface area contributed by atoms with E-state index in [1.807, 2.05) is 12.1 Å². The van der Waals surface area contributed by atoms with Crippen molar-refractivity contribution in [1.29, 1.82) is 0 Å². The van der Waals surface area contributed by atoms with E-state index in [1.54, 1.807) is 0 Å². The maximum absolute atomic E-state index is 12.3. The van der Waals surface area contributed by atoms with Crippen molar-refractivity contribution in [2.24, 2.45) is 5.41 Å². The van der Waals surface area contributed by atoms with Crippen LogP contribution >= 0.6 is 0 Å². The van der Waals surface area contributed by atoms with Crippen LogP contribution in [0.15, 0.2) is 24.3 Å². The molecule has 1 amide bonds. The lowest BCUT2D eigenvalue weighted by molar-refractivity contribution is -0.124.